The third-order valence-electron chi connectivity index (χ3n) is 4.67. The molecular weight excluding hydrogens is 350 g/mol. The van der Waals surface area contributed by atoms with E-state index in [1.807, 2.05) is 51.0 Å². The lowest BCUT2D eigenvalue weighted by molar-refractivity contribution is 0.383. The number of rotatable bonds is 4. The second-order valence-corrected chi connectivity index (χ2v) is 8.73. The first-order valence-corrected chi connectivity index (χ1v) is 10.1. The number of aromatic nitrogens is 2. The number of sulfonamides is 1. The molecule has 2 aromatic rings. The molecule has 1 fully saturated rings. The summed E-state index contributed by atoms with van der Waals surface area (Å²) < 4.78 is 27.6. The van der Waals surface area contributed by atoms with Crippen LogP contribution in [0.25, 0.3) is 0 Å². The maximum atomic E-state index is 13.0. The van der Waals surface area contributed by atoms with E-state index in [0.29, 0.717) is 31.1 Å². The van der Waals surface area contributed by atoms with Crippen LogP contribution in [0.1, 0.15) is 11.1 Å². The van der Waals surface area contributed by atoms with E-state index in [9.17, 15) is 8.42 Å². The molecule has 1 aromatic heterocycles. The van der Waals surface area contributed by atoms with Crippen molar-refractivity contribution in [1.29, 1.82) is 0 Å². The highest BCUT2D eigenvalue weighted by Crippen LogP contribution is 2.24. The fourth-order valence-electron chi connectivity index (χ4n) is 3.03. The lowest BCUT2D eigenvalue weighted by Crippen LogP contribution is -2.49. The first-order chi connectivity index (χ1) is 12.3. The molecule has 140 valence electrons. The van der Waals surface area contributed by atoms with Crippen molar-refractivity contribution < 1.29 is 8.42 Å². The summed E-state index contributed by atoms with van der Waals surface area (Å²) >= 11 is 0. The van der Waals surface area contributed by atoms with Crippen LogP contribution in [-0.2, 0) is 10.0 Å². The van der Waals surface area contributed by atoms with Gasteiger partial charge in [0.2, 0.25) is 10.0 Å². The van der Waals surface area contributed by atoms with Crippen LogP contribution in [0.2, 0.25) is 0 Å². The van der Waals surface area contributed by atoms with Crippen molar-refractivity contribution in [2.24, 2.45) is 0 Å². The van der Waals surface area contributed by atoms with Gasteiger partial charge in [0.05, 0.1) is 16.8 Å². The first-order valence-electron chi connectivity index (χ1n) is 8.61. The van der Waals surface area contributed by atoms with Crippen LogP contribution in [0, 0.1) is 13.8 Å². The average Bonchev–Trinajstić information content (AvgIpc) is 2.64. The number of benzene rings is 1. The van der Waals surface area contributed by atoms with Gasteiger partial charge in [-0.2, -0.15) is 9.40 Å². The normalized spacial score (nSPS) is 15.9. The van der Waals surface area contributed by atoms with E-state index < -0.39 is 10.0 Å². The molecule has 0 amide bonds. The van der Waals surface area contributed by atoms with Crippen molar-refractivity contribution in [1.82, 2.24) is 14.5 Å². The van der Waals surface area contributed by atoms with Crippen molar-refractivity contribution in [3.63, 3.8) is 0 Å². The Morgan fingerprint density at radius 1 is 1.04 bits per heavy atom. The maximum absolute atomic E-state index is 13.0. The zero-order valence-corrected chi connectivity index (χ0v) is 16.5. The Balaban J connectivity index is 1.76. The van der Waals surface area contributed by atoms with E-state index in [2.05, 4.69) is 15.1 Å². The Labute approximate surface area is 155 Å². The van der Waals surface area contributed by atoms with Crippen LogP contribution < -0.4 is 9.80 Å². The van der Waals surface area contributed by atoms with Crippen LogP contribution in [0.3, 0.4) is 0 Å². The van der Waals surface area contributed by atoms with E-state index >= 15 is 0 Å². The van der Waals surface area contributed by atoms with E-state index in [0.717, 1.165) is 22.6 Å². The number of hydrogen-bond acceptors (Lipinski definition) is 6. The van der Waals surface area contributed by atoms with Gasteiger partial charge in [-0.1, -0.05) is 12.1 Å². The minimum absolute atomic E-state index is 0.403. The molecule has 3 rings (SSSR count). The molecule has 1 aliphatic rings. The second kappa shape index (κ2) is 7.20. The van der Waals surface area contributed by atoms with Crippen LogP contribution in [-0.4, -0.2) is 63.2 Å². The topological polar surface area (TPSA) is 69.6 Å². The molecule has 0 radical (unpaired) electrons. The lowest BCUT2D eigenvalue weighted by atomic mass is 10.2. The predicted octanol–water partition coefficient (Wildman–Crippen LogP) is 1.67. The number of piperazine rings is 1. The molecule has 1 aromatic carbocycles. The first kappa shape index (κ1) is 18.6. The van der Waals surface area contributed by atoms with Crippen molar-refractivity contribution in [3.05, 3.63) is 41.6 Å². The SMILES string of the molecule is Cc1ccc(C)c(S(=O)(=O)N2CCN(c3cc(N(C)C)cnn3)CC2)c1. The highest BCUT2D eigenvalue weighted by molar-refractivity contribution is 7.89. The summed E-state index contributed by atoms with van der Waals surface area (Å²) in [4.78, 5) is 4.45. The van der Waals surface area contributed by atoms with Crippen molar-refractivity contribution in [3.8, 4) is 0 Å². The summed E-state index contributed by atoms with van der Waals surface area (Å²) in [5.74, 6) is 0.778. The molecule has 2 heterocycles. The summed E-state index contributed by atoms with van der Waals surface area (Å²) in [7, 11) is 0.428. The fraction of sp³-hybridized carbons (Fsp3) is 0.444. The monoisotopic (exact) mass is 375 g/mol. The summed E-state index contributed by atoms with van der Waals surface area (Å²) in [6.07, 6.45) is 1.71. The molecule has 0 saturated carbocycles. The Morgan fingerprint density at radius 2 is 1.73 bits per heavy atom. The Morgan fingerprint density at radius 3 is 2.38 bits per heavy atom. The Hall–Kier alpha value is -2.19. The third-order valence-corrected chi connectivity index (χ3v) is 6.71. The molecule has 26 heavy (non-hydrogen) atoms. The van der Waals surface area contributed by atoms with Crippen LogP contribution in [0.15, 0.2) is 35.4 Å². The summed E-state index contributed by atoms with van der Waals surface area (Å²) in [5, 5.41) is 8.25. The van der Waals surface area contributed by atoms with E-state index in [1.165, 1.54) is 0 Å². The number of nitrogens with zero attached hydrogens (tertiary/aromatic N) is 5. The van der Waals surface area contributed by atoms with Gasteiger partial charge in [0.1, 0.15) is 0 Å². The number of aryl methyl sites for hydroxylation is 2. The molecule has 0 atom stereocenters. The van der Waals surface area contributed by atoms with Crippen molar-refractivity contribution in [2.75, 3.05) is 50.1 Å². The van der Waals surface area contributed by atoms with Crippen molar-refractivity contribution >= 4 is 21.5 Å². The zero-order chi connectivity index (χ0) is 18.9. The zero-order valence-electron chi connectivity index (χ0n) is 15.7. The molecule has 0 spiro atoms. The predicted molar refractivity (Wildman–Crippen MR) is 103 cm³/mol. The lowest BCUT2D eigenvalue weighted by Gasteiger charge is -2.35. The smallest absolute Gasteiger partial charge is 0.243 e. The largest absolute Gasteiger partial charge is 0.376 e. The van der Waals surface area contributed by atoms with Crippen LogP contribution in [0.5, 0.6) is 0 Å². The minimum atomic E-state index is -3.48. The molecule has 0 aliphatic carbocycles. The molecule has 7 nitrogen and oxygen atoms in total. The van der Waals surface area contributed by atoms with Gasteiger partial charge >= 0.3 is 0 Å². The van der Waals surface area contributed by atoms with E-state index in [4.69, 9.17) is 0 Å². The van der Waals surface area contributed by atoms with Gasteiger partial charge in [-0.15, -0.1) is 5.10 Å². The molecule has 1 saturated heterocycles. The molecule has 1 aliphatic heterocycles. The Bertz CT molecular complexity index is 890. The minimum Gasteiger partial charge on any atom is -0.376 e. The molecule has 0 N–H and O–H groups in total. The second-order valence-electron chi connectivity index (χ2n) is 6.83. The van der Waals surface area contributed by atoms with Gasteiger partial charge < -0.3 is 9.80 Å². The summed E-state index contributed by atoms with van der Waals surface area (Å²) in [6, 6.07) is 7.52. The van der Waals surface area contributed by atoms with Crippen LogP contribution in [0.4, 0.5) is 11.5 Å². The molecule has 0 bridgehead atoms. The molecule has 0 unspecified atom stereocenters. The van der Waals surface area contributed by atoms with Gasteiger partial charge in [0.25, 0.3) is 0 Å². The number of hydrogen-bond donors (Lipinski definition) is 0. The van der Waals surface area contributed by atoms with Gasteiger partial charge in [0.15, 0.2) is 5.82 Å². The van der Waals surface area contributed by atoms with E-state index in [-0.39, 0.29) is 0 Å². The Kier molecular flexibility index (Phi) is 5.15. The van der Waals surface area contributed by atoms with Gasteiger partial charge in [-0.3, -0.25) is 0 Å². The summed E-state index contributed by atoms with van der Waals surface area (Å²) in [5.41, 5.74) is 2.70. The molecular formula is C18H25N5O2S. The van der Waals surface area contributed by atoms with Gasteiger partial charge in [-0.05, 0) is 31.0 Å². The quantitative estimate of drug-likeness (QED) is 0.810. The van der Waals surface area contributed by atoms with Crippen LogP contribution >= 0.6 is 0 Å². The fourth-order valence-corrected chi connectivity index (χ4v) is 4.76. The highest BCUT2D eigenvalue weighted by Gasteiger charge is 2.30. The maximum Gasteiger partial charge on any atom is 0.243 e. The van der Waals surface area contributed by atoms with Gasteiger partial charge in [0, 0.05) is 46.3 Å². The third kappa shape index (κ3) is 3.66. The van der Waals surface area contributed by atoms with E-state index in [1.54, 1.807) is 16.6 Å². The van der Waals surface area contributed by atoms with Gasteiger partial charge in [-0.25, -0.2) is 8.42 Å². The summed E-state index contributed by atoms with van der Waals surface area (Å²) in [6.45, 7) is 5.80. The molecule has 8 heteroatoms. The standard InChI is InChI=1S/C18H25N5O2S/c1-14-5-6-15(2)17(11-14)26(24,25)23-9-7-22(8-10-23)18-12-16(21(3)4)13-19-20-18/h5-6,11-13H,7-10H2,1-4H3. The highest BCUT2D eigenvalue weighted by atomic mass is 32.2. The van der Waals surface area contributed by atoms with Crippen molar-refractivity contribution in [2.45, 2.75) is 18.7 Å². The number of anilines is 2. The average molecular weight is 375 g/mol.